The van der Waals surface area contributed by atoms with Crippen LogP contribution in [-0.2, 0) is 6.18 Å². The molecule has 1 aromatic rings. The molecule has 0 heterocycles. The summed E-state index contributed by atoms with van der Waals surface area (Å²) in [5.41, 5.74) is -1.12. The van der Waals surface area contributed by atoms with Gasteiger partial charge >= 0.3 is 6.18 Å². The zero-order valence-electron chi connectivity index (χ0n) is 7.20. The standard InChI is InChI=1S/C9H7ClF4/c1-5(10)7-3-2-6(11)4-8(7)9(12,13)14/h2-5H,1H3. The van der Waals surface area contributed by atoms with E-state index in [0.717, 1.165) is 12.1 Å². The fourth-order valence-electron chi connectivity index (χ4n) is 1.12. The summed E-state index contributed by atoms with van der Waals surface area (Å²) in [5.74, 6) is -0.918. The van der Waals surface area contributed by atoms with Gasteiger partial charge in [0.2, 0.25) is 0 Å². The molecule has 1 aromatic carbocycles. The minimum Gasteiger partial charge on any atom is -0.207 e. The van der Waals surface area contributed by atoms with E-state index in [4.69, 9.17) is 11.6 Å². The van der Waals surface area contributed by atoms with Crippen LogP contribution in [0.2, 0.25) is 0 Å². The molecule has 0 aliphatic rings. The fourth-order valence-corrected chi connectivity index (χ4v) is 1.31. The van der Waals surface area contributed by atoms with Crippen LogP contribution in [0.4, 0.5) is 17.6 Å². The second-order valence-electron chi connectivity index (χ2n) is 2.85. The summed E-state index contributed by atoms with van der Waals surface area (Å²) in [6.07, 6.45) is -4.57. The molecule has 1 atom stereocenters. The van der Waals surface area contributed by atoms with Crippen LogP contribution in [0.3, 0.4) is 0 Å². The molecule has 0 aliphatic heterocycles. The van der Waals surface area contributed by atoms with Gasteiger partial charge in [0, 0.05) is 0 Å². The van der Waals surface area contributed by atoms with Crippen molar-refractivity contribution < 1.29 is 17.6 Å². The number of benzene rings is 1. The lowest BCUT2D eigenvalue weighted by molar-refractivity contribution is -0.138. The first-order chi connectivity index (χ1) is 6.32. The predicted molar refractivity (Wildman–Crippen MR) is 45.7 cm³/mol. The highest BCUT2D eigenvalue weighted by molar-refractivity contribution is 6.20. The summed E-state index contributed by atoms with van der Waals surface area (Å²) in [7, 11) is 0. The lowest BCUT2D eigenvalue weighted by atomic mass is 10.0. The quantitative estimate of drug-likeness (QED) is 0.499. The molecular formula is C9H7ClF4. The van der Waals surface area contributed by atoms with E-state index in [2.05, 4.69) is 0 Å². The van der Waals surface area contributed by atoms with E-state index >= 15 is 0 Å². The second kappa shape index (κ2) is 3.77. The van der Waals surface area contributed by atoms with Gasteiger partial charge in [0.05, 0.1) is 10.9 Å². The Morgan fingerprint density at radius 3 is 2.29 bits per heavy atom. The molecule has 0 fully saturated rings. The molecule has 1 rings (SSSR count). The molecule has 0 nitrogen and oxygen atoms in total. The molecule has 0 N–H and O–H groups in total. The van der Waals surface area contributed by atoms with Gasteiger partial charge in [-0.05, 0) is 24.6 Å². The maximum absolute atomic E-state index is 12.6. The van der Waals surface area contributed by atoms with Gasteiger partial charge in [-0.15, -0.1) is 11.6 Å². The Labute approximate surface area is 83.5 Å². The predicted octanol–water partition coefficient (Wildman–Crippen LogP) is 4.14. The van der Waals surface area contributed by atoms with Gasteiger partial charge in [-0.2, -0.15) is 13.2 Å². The van der Waals surface area contributed by atoms with Crippen molar-refractivity contribution in [2.24, 2.45) is 0 Å². The van der Waals surface area contributed by atoms with E-state index < -0.39 is 22.9 Å². The van der Waals surface area contributed by atoms with E-state index in [9.17, 15) is 17.6 Å². The van der Waals surface area contributed by atoms with Crippen molar-refractivity contribution in [1.29, 1.82) is 0 Å². The van der Waals surface area contributed by atoms with Crippen molar-refractivity contribution in [1.82, 2.24) is 0 Å². The average molecular weight is 227 g/mol. The highest BCUT2D eigenvalue weighted by atomic mass is 35.5. The largest absolute Gasteiger partial charge is 0.416 e. The van der Waals surface area contributed by atoms with Crippen molar-refractivity contribution in [3.8, 4) is 0 Å². The van der Waals surface area contributed by atoms with Gasteiger partial charge in [0.25, 0.3) is 0 Å². The van der Waals surface area contributed by atoms with Crippen LogP contribution in [0.15, 0.2) is 18.2 Å². The average Bonchev–Trinajstić information content (AvgIpc) is 2.01. The SMILES string of the molecule is CC(Cl)c1ccc(F)cc1C(F)(F)F. The highest BCUT2D eigenvalue weighted by Crippen LogP contribution is 2.36. The Morgan fingerprint density at radius 2 is 1.86 bits per heavy atom. The first kappa shape index (κ1) is 11.3. The van der Waals surface area contributed by atoms with Crippen LogP contribution >= 0.6 is 11.6 Å². The molecule has 0 radical (unpaired) electrons. The molecule has 0 aromatic heterocycles. The van der Waals surface area contributed by atoms with Gasteiger partial charge in [-0.3, -0.25) is 0 Å². The van der Waals surface area contributed by atoms with Crippen LogP contribution < -0.4 is 0 Å². The third-order valence-electron chi connectivity index (χ3n) is 1.75. The molecule has 0 spiro atoms. The molecule has 78 valence electrons. The van der Waals surface area contributed by atoms with Crippen LogP contribution in [0.25, 0.3) is 0 Å². The number of alkyl halides is 4. The number of halogens is 5. The summed E-state index contributed by atoms with van der Waals surface area (Å²) >= 11 is 5.54. The van der Waals surface area contributed by atoms with Crippen molar-refractivity contribution in [2.45, 2.75) is 18.5 Å². The van der Waals surface area contributed by atoms with E-state index in [1.807, 2.05) is 0 Å². The first-order valence-corrected chi connectivity index (χ1v) is 4.26. The van der Waals surface area contributed by atoms with Crippen molar-refractivity contribution in [2.75, 3.05) is 0 Å². The second-order valence-corrected chi connectivity index (χ2v) is 3.50. The molecule has 0 saturated carbocycles. The lowest BCUT2D eigenvalue weighted by Crippen LogP contribution is -2.10. The zero-order chi connectivity index (χ0) is 10.9. The summed E-state index contributed by atoms with van der Waals surface area (Å²) in [6.45, 7) is 1.41. The van der Waals surface area contributed by atoms with Crippen LogP contribution in [0.1, 0.15) is 23.4 Å². The van der Waals surface area contributed by atoms with E-state index in [-0.39, 0.29) is 5.56 Å². The van der Waals surface area contributed by atoms with Gasteiger partial charge in [0.1, 0.15) is 5.82 Å². The molecule has 0 bridgehead atoms. The molecule has 5 heteroatoms. The van der Waals surface area contributed by atoms with Gasteiger partial charge in [-0.1, -0.05) is 6.07 Å². The molecule has 1 unspecified atom stereocenters. The highest BCUT2D eigenvalue weighted by Gasteiger charge is 2.34. The summed E-state index contributed by atoms with van der Waals surface area (Å²) < 4.78 is 49.7. The normalized spacial score (nSPS) is 14.1. The lowest BCUT2D eigenvalue weighted by Gasteiger charge is -2.14. The molecule has 0 saturated heterocycles. The zero-order valence-corrected chi connectivity index (χ0v) is 7.96. The Hall–Kier alpha value is -0.770. The van der Waals surface area contributed by atoms with Crippen molar-refractivity contribution in [3.63, 3.8) is 0 Å². The van der Waals surface area contributed by atoms with E-state index in [0.29, 0.717) is 6.07 Å². The minimum atomic E-state index is -4.57. The van der Waals surface area contributed by atoms with Crippen LogP contribution in [0, 0.1) is 5.82 Å². The Kier molecular flexibility index (Phi) is 3.04. The van der Waals surface area contributed by atoms with E-state index in [1.165, 1.54) is 6.92 Å². The van der Waals surface area contributed by atoms with Crippen LogP contribution in [0.5, 0.6) is 0 Å². The Morgan fingerprint density at radius 1 is 1.29 bits per heavy atom. The van der Waals surface area contributed by atoms with Gasteiger partial charge < -0.3 is 0 Å². The monoisotopic (exact) mass is 226 g/mol. The van der Waals surface area contributed by atoms with Crippen molar-refractivity contribution >= 4 is 11.6 Å². The Bertz CT molecular complexity index is 330. The van der Waals surface area contributed by atoms with Crippen LogP contribution in [-0.4, -0.2) is 0 Å². The third-order valence-corrected chi connectivity index (χ3v) is 1.98. The number of hydrogen-bond donors (Lipinski definition) is 0. The van der Waals surface area contributed by atoms with Gasteiger partial charge in [0.15, 0.2) is 0 Å². The number of hydrogen-bond acceptors (Lipinski definition) is 0. The first-order valence-electron chi connectivity index (χ1n) is 3.83. The molecule has 0 aliphatic carbocycles. The summed E-state index contributed by atoms with van der Waals surface area (Å²) in [6, 6.07) is 2.47. The molecule has 14 heavy (non-hydrogen) atoms. The molecule has 0 amide bonds. The Balaban J connectivity index is 3.30. The maximum Gasteiger partial charge on any atom is 0.416 e. The van der Waals surface area contributed by atoms with Crippen molar-refractivity contribution in [3.05, 3.63) is 35.1 Å². The maximum atomic E-state index is 12.6. The summed E-state index contributed by atoms with van der Waals surface area (Å²) in [5, 5.41) is -0.799. The topological polar surface area (TPSA) is 0 Å². The van der Waals surface area contributed by atoms with E-state index in [1.54, 1.807) is 0 Å². The molecular weight excluding hydrogens is 220 g/mol. The smallest absolute Gasteiger partial charge is 0.207 e. The fraction of sp³-hybridized carbons (Fsp3) is 0.333. The number of rotatable bonds is 1. The van der Waals surface area contributed by atoms with Gasteiger partial charge in [-0.25, -0.2) is 4.39 Å². The summed E-state index contributed by atoms with van der Waals surface area (Å²) in [4.78, 5) is 0. The minimum absolute atomic E-state index is 0.111. The third kappa shape index (κ3) is 2.38.